The van der Waals surface area contributed by atoms with E-state index in [9.17, 15) is 4.79 Å². The Bertz CT molecular complexity index is 807. The molecule has 0 saturated carbocycles. The molecule has 0 aliphatic carbocycles. The van der Waals surface area contributed by atoms with Gasteiger partial charge < -0.3 is 9.88 Å². The van der Waals surface area contributed by atoms with Crippen LogP contribution in [0.3, 0.4) is 0 Å². The lowest BCUT2D eigenvalue weighted by atomic mass is 9.84. The first-order valence-corrected chi connectivity index (χ1v) is 8.46. The Balaban J connectivity index is 1.67. The highest BCUT2D eigenvalue weighted by Gasteiger charge is 2.30. The molecule has 0 radical (unpaired) electrons. The average molecular weight is 327 g/mol. The molecular weight excluding hydrogens is 308 g/mol. The number of pyridine rings is 1. The van der Waals surface area contributed by atoms with Crippen LogP contribution >= 0.6 is 11.6 Å². The predicted molar refractivity (Wildman–Crippen MR) is 94.8 cm³/mol. The summed E-state index contributed by atoms with van der Waals surface area (Å²) in [5.74, 6) is 1.05. The number of fused-ring (bicyclic) bond motifs is 4. The minimum absolute atomic E-state index is 0.129. The van der Waals surface area contributed by atoms with Gasteiger partial charge >= 0.3 is 0 Å². The zero-order valence-electron chi connectivity index (χ0n) is 12.8. The molecule has 3 heterocycles. The predicted octanol–water partition coefficient (Wildman–Crippen LogP) is 3.38. The second-order valence-corrected chi connectivity index (χ2v) is 6.91. The van der Waals surface area contributed by atoms with E-state index in [1.165, 1.54) is 12.1 Å². The highest BCUT2D eigenvalue weighted by Crippen LogP contribution is 2.31. The van der Waals surface area contributed by atoms with E-state index in [-0.39, 0.29) is 5.56 Å². The van der Waals surface area contributed by atoms with Gasteiger partial charge in [-0.3, -0.25) is 4.79 Å². The number of halogens is 1. The molecule has 1 fully saturated rings. The van der Waals surface area contributed by atoms with Crippen molar-refractivity contribution in [2.75, 3.05) is 13.1 Å². The van der Waals surface area contributed by atoms with Crippen LogP contribution in [0.25, 0.3) is 12.2 Å². The lowest BCUT2D eigenvalue weighted by molar-refractivity contribution is 0.257. The largest absolute Gasteiger partial charge is 0.316 e. The maximum atomic E-state index is 12.8. The van der Waals surface area contributed by atoms with Crippen LogP contribution in [-0.2, 0) is 6.54 Å². The monoisotopic (exact) mass is 326 g/mol. The van der Waals surface area contributed by atoms with E-state index < -0.39 is 0 Å². The smallest absolute Gasteiger partial charge is 0.258 e. The van der Waals surface area contributed by atoms with Gasteiger partial charge in [0.1, 0.15) is 0 Å². The zero-order chi connectivity index (χ0) is 15.8. The fourth-order valence-corrected chi connectivity index (χ4v) is 3.82. The van der Waals surface area contributed by atoms with Crippen molar-refractivity contribution in [3.63, 3.8) is 0 Å². The molecular formula is C19H19ClN2O. The Labute approximate surface area is 140 Å². The van der Waals surface area contributed by atoms with E-state index in [4.69, 9.17) is 11.6 Å². The Hall–Kier alpha value is -1.84. The molecule has 2 atom stereocenters. The van der Waals surface area contributed by atoms with Gasteiger partial charge in [0.15, 0.2) is 0 Å². The minimum Gasteiger partial charge on any atom is -0.316 e. The third kappa shape index (κ3) is 2.87. The number of nitrogens with zero attached hydrogens (tertiary/aromatic N) is 1. The van der Waals surface area contributed by atoms with E-state index in [0.717, 1.165) is 35.8 Å². The van der Waals surface area contributed by atoms with Crippen molar-refractivity contribution in [3.8, 4) is 0 Å². The van der Waals surface area contributed by atoms with Crippen LogP contribution in [0, 0.1) is 5.92 Å². The molecule has 0 amide bonds. The second kappa shape index (κ2) is 5.99. The molecule has 3 nitrogen and oxygen atoms in total. The van der Waals surface area contributed by atoms with E-state index in [2.05, 4.69) is 11.4 Å². The molecule has 2 aliphatic rings. The summed E-state index contributed by atoms with van der Waals surface area (Å²) < 4.78 is 1.99. The van der Waals surface area contributed by atoms with Crippen LogP contribution in [0.15, 0.2) is 41.2 Å². The first-order chi connectivity index (χ1) is 11.2. The lowest BCUT2D eigenvalue weighted by Crippen LogP contribution is -2.45. The van der Waals surface area contributed by atoms with Gasteiger partial charge in [0, 0.05) is 35.3 Å². The van der Waals surface area contributed by atoms with Crippen LogP contribution in [0.4, 0.5) is 0 Å². The Morgan fingerprint density at radius 1 is 1.09 bits per heavy atom. The molecule has 2 bridgehead atoms. The Kier molecular flexibility index (Phi) is 3.83. The van der Waals surface area contributed by atoms with Crippen LogP contribution in [0.5, 0.6) is 0 Å². The molecule has 4 rings (SSSR count). The standard InChI is InChI=1S/C19H19ClN2O/c20-17-6-2-13(3-7-17)1-4-15-5-8-18-16-9-14(10-21-11-16)12-22(18)19(15)23/h1-8,14,16,21H,9-12H2. The van der Waals surface area contributed by atoms with Gasteiger partial charge in [0.25, 0.3) is 5.56 Å². The molecule has 2 aliphatic heterocycles. The van der Waals surface area contributed by atoms with Crippen LogP contribution in [-0.4, -0.2) is 17.7 Å². The summed E-state index contributed by atoms with van der Waals surface area (Å²) >= 11 is 5.90. The molecule has 4 heteroatoms. The van der Waals surface area contributed by atoms with E-state index >= 15 is 0 Å². The van der Waals surface area contributed by atoms with E-state index in [0.29, 0.717) is 11.8 Å². The third-order valence-corrected chi connectivity index (χ3v) is 5.12. The van der Waals surface area contributed by atoms with Gasteiger partial charge in [-0.15, -0.1) is 0 Å². The van der Waals surface area contributed by atoms with Crippen LogP contribution < -0.4 is 10.9 Å². The van der Waals surface area contributed by atoms with Gasteiger partial charge in [-0.05, 0) is 54.8 Å². The molecule has 2 aromatic rings. The van der Waals surface area contributed by atoms with Gasteiger partial charge in [0.2, 0.25) is 0 Å². The van der Waals surface area contributed by atoms with Crippen LogP contribution in [0.2, 0.25) is 5.02 Å². The number of nitrogens with one attached hydrogen (secondary N) is 1. The van der Waals surface area contributed by atoms with Gasteiger partial charge in [-0.1, -0.05) is 29.8 Å². The van der Waals surface area contributed by atoms with Crippen molar-refractivity contribution >= 4 is 23.8 Å². The number of hydrogen-bond acceptors (Lipinski definition) is 2. The Morgan fingerprint density at radius 2 is 1.91 bits per heavy atom. The molecule has 2 unspecified atom stereocenters. The van der Waals surface area contributed by atoms with Gasteiger partial charge in [-0.2, -0.15) is 0 Å². The van der Waals surface area contributed by atoms with E-state index in [1.54, 1.807) is 0 Å². The van der Waals surface area contributed by atoms with Gasteiger partial charge in [0.05, 0.1) is 0 Å². The molecule has 1 N–H and O–H groups in total. The number of piperidine rings is 1. The fraction of sp³-hybridized carbons (Fsp3) is 0.316. The molecule has 23 heavy (non-hydrogen) atoms. The summed E-state index contributed by atoms with van der Waals surface area (Å²) in [6, 6.07) is 11.7. The SMILES string of the molecule is O=c1c(C=Cc2ccc(Cl)cc2)ccc2n1CC1CNCC2C1. The maximum absolute atomic E-state index is 12.8. The van der Waals surface area contributed by atoms with Crippen molar-refractivity contribution in [1.29, 1.82) is 0 Å². The normalized spacial score (nSPS) is 23.0. The third-order valence-electron chi connectivity index (χ3n) is 4.86. The Morgan fingerprint density at radius 3 is 2.74 bits per heavy atom. The van der Waals surface area contributed by atoms with Crippen molar-refractivity contribution in [1.82, 2.24) is 9.88 Å². The van der Waals surface area contributed by atoms with Crippen LogP contribution in [0.1, 0.15) is 29.2 Å². The van der Waals surface area contributed by atoms with Crippen molar-refractivity contribution in [3.05, 3.63) is 68.6 Å². The van der Waals surface area contributed by atoms with E-state index in [1.807, 2.05) is 47.1 Å². The molecule has 1 aromatic carbocycles. The average Bonchev–Trinajstić information content (AvgIpc) is 2.57. The summed E-state index contributed by atoms with van der Waals surface area (Å²) in [5.41, 5.74) is 3.10. The summed E-state index contributed by atoms with van der Waals surface area (Å²) in [6.07, 6.45) is 5.07. The fourth-order valence-electron chi connectivity index (χ4n) is 3.69. The quantitative estimate of drug-likeness (QED) is 0.918. The topological polar surface area (TPSA) is 34.0 Å². The molecule has 118 valence electrons. The maximum Gasteiger partial charge on any atom is 0.258 e. The summed E-state index contributed by atoms with van der Waals surface area (Å²) in [5, 5.41) is 4.19. The molecule has 1 saturated heterocycles. The highest BCUT2D eigenvalue weighted by molar-refractivity contribution is 6.30. The van der Waals surface area contributed by atoms with Crippen molar-refractivity contribution in [2.45, 2.75) is 18.9 Å². The molecule has 0 spiro atoms. The first kappa shape index (κ1) is 14.7. The number of rotatable bonds is 2. The molecule has 1 aromatic heterocycles. The second-order valence-electron chi connectivity index (χ2n) is 6.47. The summed E-state index contributed by atoms with van der Waals surface area (Å²) in [7, 11) is 0. The highest BCUT2D eigenvalue weighted by atomic mass is 35.5. The number of benzene rings is 1. The van der Waals surface area contributed by atoms with Crippen molar-refractivity contribution < 1.29 is 0 Å². The number of aromatic nitrogens is 1. The minimum atomic E-state index is 0.129. The number of hydrogen-bond donors (Lipinski definition) is 1. The lowest BCUT2D eigenvalue weighted by Gasteiger charge is -2.37. The summed E-state index contributed by atoms with van der Waals surface area (Å²) in [6.45, 7) is 2.84. The van der Waals surface area contributed by atoms with Crippen molar-refractivity contribution in [2.24, 2.45) is 5.92 Å². The summed E-state index contributed by atoms with van der Waals surface area (Å²) in [4.78, 5) is 12.8. The zero-order valence-corrected chi connectivity index (χ0v) is 13.6. The van der Waals surface area contributed by atoms with Gasteiger partial charge in [-0.25, -0.2) is 0 Å². The first-order valence-electron chi connectivity index (χ1n) is 8.09.